The van der Waals surface area contributed by atoms with Gasteiger partial charge in [-0.2, -0.15) is 0 Å². The van der Waals surface area contributed by atoms with Crippen molar-refractivity contribution < 1.29 is 24.3 Å². The molecule has 0 unspecified atom stereocenters. The number of hydroxylamine groups is 1. The fourth-order valence-electron chi connectivity index (χ4n) is 4.32. The Kier molecular flexibility index (Phi) is 4.60. The van der Waals surface area contributed by atoms with Gasteiger partial charge < -0.3 is 9.84 Å². The number of rotatable bonds is 4. The fraction of sp³-hybridized carbons (Fsp3) is 0.167. The van der Waals surface area contributed by atoms with Crippen molar-refractivity contribution in [2.45, 2.75) is 12.1 Å². The third kappa shape index (κ3) is 2.93. The zero-order valence-electron chi connectivity index (χ0n) is 16.7. The van der Waals surface area contributed by atoms with E-state index in [-0.39, 0.29) is 5.75 Å². The maximum Gasteiger partial charge on any atom is 0.266 e. The Morgan fingerprint density at radius 1 is 0.871 bits per heavy atom. The number of para-hydroxylation sites is 4. The van der Waals surface area contributed by atoms with Gasteiger partial charge in [-0.1, -0.05) is 48.5 Å². The SMILES string of the molecule is COc1ccccc1N1C(=O)[C@@H]2[C@H](ON(c3ccccc3)[C@@H]2c2ccccc2O)C1=O. The summed E-state index contributed by atoms with van der Waals surface area (Å²) in [5.74, 6) is -1.23. The van der Waals surface area contributed by atoms with Crippen LogP contribution in [0.3, 0.4) is 0 Å². The number of ether oxygens (including phenoxy) is 1. The number of carbonyl (C=O) groups excluding carboxylic acids is 2. The predicted octanol–water partition coefficient (Wildman–Crippen LogP) is 3.45. The maximum absolute atomic E-state index is 13.6. The van der Waals surface area contributed by atoms with E-state index in [2.05, 4.69) is 0 Å². The molecule has 3 aromatic carbocycles. The fourth-order valence-corrected chi connectivity index (χ4v) is 4.32. The number of hydrogen-bond acceptors (Lipinski definition) is 6. The molecule has 7 heteroatoms. The van der Waals surface area contributed by atoms with Gasteiger partial charge in [0.05, 0.1) is 24.5 Å². The second kappa shape index (κ2) is 7.45. The van der Waals surface area contributed by atoms with Crippen LogP contribution in [0, 0.1) is 5.92 Å². The molecule has 0 radical (unpaired) electrons. The van der Waals surface area contributed by atoms with E-state index in [9.17, 15) is 14.7 Å². The summed E-state index contributed by atoms with van der Waals surface area (Å²) < 4.78 is 5.36. The van der Waals surface area contributed by atoms with Gasteiger partial charge in [0.2, 0.25) is 5.91 Å². The number of benzene rings is 3. The highest BCUT2D eigenvalue weighted by molar-refractivity contribution is 6.24. The molecule has 0 aromatic heterocycles. The number of carbonyl (C=O) groups is 2. The molecule has 2 saturated heterocycles. The van der Waals surface area contributed by atoms with Crippen molar-refractivity contribution in [2.75, 3.05) is 17.1 Å². The largest absolute Gasteiger partial charge is 0.508 e. The van der Waals surface area contributed by atoms with Crippen LogP contribution in [0.5, 0.6) is 11.5 Å². The minimum Gasteiger partial charge on any atom is -0.508 e. The third-order valence-corrected chi connectivity index (χ3v) is 5.71. The molecule has 3 atom stereocenters. The molecule has 2 aliphatic rings. The average Bonchev–Trinajstić information content (AvgIpc) is 3.31. The van der Waals surface area contributed by atoms with Crippen LogP contribution in [-0.2, 0) is 14.4 Å². The number of amides is 2. The molecular weight excluding hydrogens is 396 g/mol. The summed E-state index contributed by atoms with van der Waals surface area (Å²) in [6.45, 7) is 0. The summed E-state index contributed by atoms with van der Waals surface area (Å²) in [6, 6.07) is 22.2. The van der Waals surface area contributed by atoms with Gasteiger partial charge in [-0.15, -0.1) is 0 Å². The molecule has 31 heavy (non-hydrogen) atoms. The first-order valence-corrected chi connectivity index (χ1v) is 9.91. The lowest BCUT2D eigenvalue weighted by molar-refractivity contribution is -0.126. The minimum atomic E-state index is -1.01. The Bertz CT molecular complexity index is 1150. The predicted molar refractivity (Wildman–Crippen MR) is 114 cm³/mol. The van der Waals surface area contributed by atoms with Gasteiger partial charge in [0.1, 0.15) is 17.4 Å². The molecule has 2 amide bonds. The van der Waals surface area contributed by atoms with Crippen molar-refractivity contribution in [1.29, 1.82) is 0 Å². The molecule has 0 saturated carbocycles. The van der Waals surface area contributed by atoms with E-state index in [1.54, 1.807) is 53.6 Å². The van der Waals surface area contributed by atoms with Gasteiger partial charge in [-0.3, -0.25) is 14.4 Å². The Labute approximate surface area is 179 Å². The summed E-state index contributed by atoms with van der Waals surface area (Å²) in [5, 5.41) is 12.1. The highest BCUT2D eigenvalue weighted by Gasteiger charge is 2.61. The van der Waals surface area contributed by atoms with Crippen LogP contribution in [0.4, 0.5) is 11.4 Å². The summed E-state index contributed by atoms with van der Waals surface area (Å²) >= 11 is 0. The monoisotopic (exact) mass is 416 g/mol. The molecule has 7 nitrogen and oxygen atoms in total. The third-order valence-electron chi connectivity index (χ3n) is 5.71. The minimum absolute atomic E-state index is 0.0358. The number of fused-ring (bicyclic) bond motifs is 1. The number of anilines is 2. The summed E-state index contributed by atoms with van der Waals surface area (Å²) in [4.78, 5) is 34.1. The molecule has 0 bridgehead atoms. The Hall–Kier alpha value is -3.84. The molecule has 2 fully saturated rings. The Morgan fingerprint density at radius 2 is 1.55 bits per heavy atom. The molecule has 1 N–H and O–H groups in total. The van der Waals surface area contributed by atoms with Crippen molar-refractivity contribution in [3.63, 3.8) is 0 Å². The number of aromatic hydroxyl groups is 1. The van der Waals surface area contributed by atoms with Gasteiger partial charge in [-0.25, -0.2) is 9.96 Å². The number of hydrogen-bond donors (Lipinski definition) is 1. The van der Waals surface area contributed by atoms with Gasteiger partial charge >= 0.3 is 0 Å². The van der Waals surface area contributed by atoms with Crippen molar-refractivity contribution >= 4 is 23.2 Å². The van der Waals surface area contributed by atoms with E-state index in [1.807, 2.05) is 30.3 Å². The molecule has 156 valence electrons. The highest BCUT2D eigenvalue weighted by atomic mass is 16.7. The summed E-state index contributed by atoms with van der Waals surface area (Å²) in [7, 11) is 1.49. The van der Waals surface area contributed by atoms with Crippen LogP contribution >= 0.6 is 0 Å². The topological polar surface area (TPSA) is 79.3 Å². The van der Waals surface area contributed by atoms with Crippen molar-refractivity contribution in [1.82, 2.24) is 0 Å². The van der Waals surface area contributed by atoms with Crippen LogP contribution in [0.15, 0.2) is 78.9 Å². The zero-order valence-corrected chi connectivity index (χ0v) is 16.7. The summed E-state index contributed by atoms with van der Waals surface area (Å²) in [6.07, 6.45) is -1.01. The zero-order chi connectivity index (χ0) is 21.5. The number of methoxy groups -OCH3 is 1. The second-order valence-corrected chi connectivity index (χ2v) is 7.40. The van der Waals surface area contributed by atoms with Crippen molar-refractivity contribution in [3.05, 3.63) is 84.4 Å². The Balaban J connectivity index is 1.62. The highest BCUT2D eigenvalue weighted by Crippen LogP contribution is 2.50. The Morgan fingerprint density at radius 3 is 2.29 bits per heavy atom. The smallest absolute Gasteiger partial charge is 0.266 e. The van der Waals surface area contributed by atoms with Gasteiger partial charge in [0.25, 0.3) is 5.91 Å². The van der Waals surface area contributed by atoms with Crippen LogP contribution in [0.2, 0.25) is 0 Å². The average molecular weight is 416 g/mol. The van der Waals surface area contributed by atoms with E-state index < -0.39 is 29.9 Å². The van der Waals surface area contributed by atoms with Crippen LogP contribution in [0.25, 0.3) is 0 Å². The van der Waals surface area contributed by atoms with E-state index in [0.29, 0.717) is 22.7 Å². The van der Waals surface area contributed by atoms with Crippen LogP contribution < -0.4 is 14.7 Å². The quantitative estimate of drug-likeness (QED) is 0.657. The summed E-state index contributed by atoms with van der Waals surface area (Å²) in [5.41, 5.74) is 1.58. The first-order valence-electron chi connectivity index (χ1n) is 9.91. The van der Waals surface area contributed by atoms with E-state index in [0.717, 1.165) is 4.90 Å². The number of imide groups is 1. The van der Waals surface area contributed by atoms with Gasteiger partial charge in [0, 0.05) is 5.56 Å². The standard InChI is InChI=1S/C24H20N2O5/c1-30-19-14-8-6-12-17(19)25-23(28)20-21(16-11-5-7-13-18(16)27)26(31-22(20)24(25)29)15-9-3-2-4-10-15/h2-14,20-22,27H,1H3/t20-,21+,22-/m0/s1. The van der Waals surface area contributed by atoms with E-state index in [4.69, 9.17) is 9.57 Å². The van der Waals surface area contributed by atoms with Gasteiger partial charge in [0.15, 0.2) is 6.10 Å². The number of phenolic OH excluding ortho intramolecular Hbond substituents is 1. The van der Waals surface area contributed by atoms with Crippen LogP contribution in [-0.4, -0.2) is 30.1 Å². The molecule has 0 aliphatic carbocycles. The molecular formula is C24H20N2O5. The normalized spacial score (nSPS) is 22.7. The molecule has 5 rings (SSSR count). The lowest BCUT2D eigenvalue weighted by Gasteiger charge is -2.29. The molecule has 3 aromatic rings. The number of phenols is 1. The maximum atomic E-state index is 13.6. The van der Waals surface area contributed by atoms with E-state index in [1.165, 1.54) is 7.11 Å². The molecule has 0 spiro atoms. The lowest BCUT2D eigenvalue weighted by Crippen LogP contribution is -2.37. The van der Waals surface area contributed by atoms with Crippen LogP contribution in [0.1, 0.15) is 11.6 Å². The van der Waals surface area contributed by atoms with E-state index >= 15 is 0 Å². The first-order chi connectivity index (χ1) is 15.1. The second-order valence-electron chi connectivity index (χ2n) is 7.40. The first kappa shape index (κ1) is 19.1. The van der Waals surface area contributed by atoms with Crippen molar-refractivity contribution in [3.8, 4) is 11.5 Å². The lowest BCUT2D eigenvalue weighted by atomic mass is 9.90. The molecule has 2 heterocycles. The molecule has 2 aliphatic heterocycles. The number of nitrogens with zero attached hydrogens (tertiary/aromatic N) is 2. The van der Waals surface area contributed by atoms with Gasteiger partial charge in [-0.05, 0) is 30.3 Å². The van der Waals surface area contributed by atoms with Crippen molar-refractivity contribution in [2.24, 2.45) is 5.92 Å².